The number of carbonyl (C=O) groups is 2. The molecular weight excluding hydrogens is 302 g/mol. The van der Waals surface area contributed by atoms with Crippen LogP contribution in [-0.2, 0) is 16.1 Å². The van der Waals surface area contributed by atoms with Gasteiger partial charge in [-0.3, -0.25) is 19.0 Å². The van der Waals surface area contributed by atoms with E-state index in [1.54, 1.807) is 24.3 Å². The van der Waals surface area contributed by atoms with Gasteiger partial charge in [0.2, 0.25) is 5.91 Å². The van der Waals surface area contributed by atoms with Crippen molar-refractivity contribution >= 4 is 22.8 Å². The van der Waals surface area contributed by atoms with Crippen LogP contribution in [0, 0.1) is 5.41 Å². The van der Waals surface area contributed by atoms with Crippen LogP contribution in [0.3, 0.4) is 0 Å². The standard InChI is InChI=1S/C15H15N3O5/c19-11(16-8-15(5-6-15)13(21)22)7-18-12(20)9-3-1-2-4-10(9)17-14(18)23/h1-4H,5-8H2,(H,16,19)(H,17,23)(H,21,22). The lowest BCUT2D eigenvalue weighted by molar-refractivity contribution is -0.143. The Morgan fingerprint density at radius 2 is 1.96 bits per heavy atom. The summed E-state index contributed by atoms with van der Waals surface area (Å²) in [6.07, 6.45) is 1.03. The zero-order valence-corrected chi connectivity index (χ0v) is 12.2. The fraction of sp³-hybridized carbons (Fsp3) is 0.333. The monoisotopic (exact) mass is 317 g/mol. The smallest absolute Gasteiger partial charge is 0.329 e. The van der Waals surface area contributed by atoms with E-state index in [-0.39, 0.29) is 6.54 Å². The van der Waals surface area contributed by atoms with Crippen LogP contribution in [0.25, 0.3) is 10.9 Å². The molecule has 0 bridgehead atoms. The number of aliphatic carboxylic acids is 1. The van der Waals surface area contributed by atoms with Crippen molar-refractivity contribution in [3.8, 4) is 0 Å². The number of aromatic nitrogens is 2. The Morgan fingerprint density at radius 1 is 1.26 bits per heavy atom. The van der Waals surface area contributed by atoms with Crippen molar-refractivity contribution in [2.75, 3.05) is 6.54 Å². The zero-order valence-electron chi connectivity index (χ0n) is 12.2. The highest BCUT2D eigenvalue weighted by Crippen LogP contribution is 2.45. The van der Waals surface area contributed by atoms with E-state index in [1.165, 1.54) is 0 Å². The number of fused-ring (bicyclic) bond motifs is 1. The third kappa shape index (κ3) is 2.75. The van der Waals surface area contributed by atoms with Gasteiger partial charge in [-0.05, 0) is 25.0 Å². The van der Waals surface area contributed by atoms with E-state index in [0.29, 0.717) is 23.7 Å². The minimum atomic E-state index is -0.946. The molecule has 0 atom stereocenters. The zero-order chi connectivity index (χ0) is 16.6. The predicted octanol–water partition coefficient (Wildman–Crippen LogP) is -0.329. The lowest BCUT2D eigenvalue weighted by atomic mass is 10.1. The van der Waals surface area contributed by atoms with Gasteiger partial charge in [0, 0.05) is 6.54 Å². The highest BCUT2D eigenvalue weighted by Gasteiger charge is 2.50. The number of nitrogens with zero attached hydrogens (tertiary/aromatic N) is 1. The summed E-state index contributed by atoms with van der Waals surface area (Å²) in [4.78, 5) is 49.7. The fourth-order valence-corrected chi connectivity index (χ4v) is 2.43. The molecule has 1 aliphatic carbocycles. The van der Waals surface area contributed by atoms with Crippen LogP contribution in [0.15, 0.2) is 33.9 Å². The highest BCUT2D eigenvalue weighted by molar-refractivity contribution is 5.81. The van der Waals surface area contributed by atoms with E-state index in [4.69, 9.17) is 5.11 Å². The summed E-state index contributed by atoms with van der Waals surface area (Å²) in [5.74, 6) is -1.51. The van der Waals surface area contributed by atoms with Crippen LogP contribution >= 0.6 is 0 Å². The van der Waals surface area contributed by atoms with Crippen molar-refractivity contribution in [1.29, 1.82) is 0 Å². The maximum atomic E-state index is 12.3. The molecule has 0 unspecified atom stereocenters. The van der Waals surface area contributed by atoms with E-state index >= 15 is 0 Å². The summed E-state index contributed by atoms with van der Waals surface area (Å²) >= 11 is 0. The summed E-state index contributed by atoms with van der Waals surface area (Å²) in [6, 6.07) is 6.52. The van der Waals surface area contributed by atoms with Gasteiger partial charge < -0.3 is 15.4 Å². The number of H-pyrrole nitrogens is 1. The SMILES string of the molecule is O=C(Cn1c(=O)[nH]c2ccccc2c1=O)NCC1(C(=O)O)CC1. The second kappa shape index (κ2) is 5.38. The number of aromatic amines is 1. The molecule has 1 saturated carbocycles. The van der Waals surface area contributed by atoms with Gasteiger partial charge in [0.15, 0.2) is 0 Å². The first-order valence-electron chi connectivity index (χ1n) is 7.15. The van der Waals surface area contributed by atoms with Crippen LogP contribution in [0.1, 0.15) is 12.8 Å². The normalized spacial score (nSPS) is 15.3. The number of hydrogen-bond acceptors (Lipinski definition) is 4. The molecular formula is C15H15N3O5. The lowest BCUT2D eigenvalue weighted by Crippen LogP contribution is -2.42. The molecule has 0 aliphatic heterocycles. The summed E-state index contributed by atoms with van der Waals surface area (Å²) in [5.41, 5.74) is -1.72. The number of rotatable bonds is 5. The number of benzene rings is 1. The fourth-order valence-electron chi connectivity index (χ4n) is 2.43. The van der Waals surface area contributed by atoms with Crippen molar-refractivity contribution < 1.29 is 14.7 Å². The minimum Gasteiger partial charge on any atom is -0.481 e. The first-order valence-corrected chi connectivity index (χ1v) is 7.15. The van der Waals surface area contributed by atoms with Crippen molar-refractivity contribution in [3.63, 3.8) is 0 Å². The van der Waals surface area contributed by atoms with E-state index in [1.807, 2.05) is 0 Å². The molecule has 0 saturated heterocycles. The Labute approximate surface area is 129 Å². The summed E-state index contributed by atoms with van der Waals surface area (Å²) in [6.45, 7) is -0.448. The maximum Gasteiger partial charge on any atom is 0.329 e. The number of carbonyl (C=O) groups excluding carboxylic acids is 1. The third-order valence-electron chi connectivity index (χ3n) is 4.12. The average molecular weight is 317 g/mol. The van der Waals surface area contributed by atoms with Crippen LogP contribution in [0.5, 0.6) is 0 Å². The number of nitrogens with one attached hydrogen (secondary N) is 2. The molecule has 1 aromatic heterocycles. The molecule has 1 heterocycles. The minimum absolute atomic E-state index is 0.00139. The van der Waals surface area contributed by atoms with Gasteiger partial charge in [0.05, 0.1) is 16.3 Å². The molecule has 23 heavy (non-hydrogen) atoms. The highest BCUT2D eigenvalue weighted by atomic mass is 16.4. The van der Waals surface area contributed by atoms with Gasteiger partial charge in [-0.25, -0.2) is 4.79 Å². The molecule has 2 aromatic rings. The van der Waals surface area contributed by atoms with Crippen LogP contribution < -0.4 is 16.6 Å². The average Bonchev–Trinajstić information content (AvgIpc) is 3.31. The lowest BCUT2D eigenvalue weighted by Gasteiger charge is -2.11. The van der Waals surface area contributed by atoms with E-state index in [9.17, 15) is 19.2 Å². The van der Waals surface area contributed by atoms with E-state index in [2.05, 4.69) is 10.3 Å². The van der Waals surface area contributed by atoms with Crippen LogP contribution in [-0.4, -0.2) is 33.1 Å². The van der Waals surface area contributed by atoms with Gasteiger partial charge in [0.25, 0.3) is 5.56 Å². The number of para-hydroxylation sites is 1. The molecule has 8 nitrogen and oxygen atoms in total. The van der Waals surface area contributed by atoms with Gasteiger partial charge in [-0.1, -0.05) is 12.1 Å². The Kier molecular flexibility index (Phi) is 3.51. The molecule has 0 spiro atoms. The molecule has 1 aliphatic rings. The van der Waals surface area contributed by atoms with Crippen molar-refractivity contribution in [2.45, 2.75) is 19.4 Å². The molecule has 1 aromatic carbocycles. The summed E-state index contributed by atoms with van der Waals surface area (Å²) in [7, 11) is 0. The molecule has 3 rings (SSSR count). The predicted molar refractivity (Wildman–Crippen MR) is 81.1 cm³/mol. The van der Waals surface area contributed by atoms with E-state index < -0.39 is 35.1 Å². The Morgan fingerprint density at radius 3 is 2.61 bits per heavy atom. The molecule has 1 amide bonds. The molecule has 1 fully saturated rings. The van der Waals surface area contributed by atoms with Crippen LogP contribution in [0.4, 0.5) is 0 Å². The second-order valence-electron chi connectivity index (χ2n) is 5.73. The number of amides is 1. The van der Waals surface area contributed by atoms with Crippen molar-refractivity contribution in [2.24, 2.45) is 5.41 Å². The quantitative estimate of drug-likeness (QED) is 0.697. The van der Waals surface area contributed by atoms with E-state index in [0.717, 1.165) is 4.57 Å². The van der Waals surface area contributed by atoms with Gasteiger partial charge >= 0.3 is 11.7 Å². The maximum absolute atomic E-state index is 12.3. The van der Waals surface area contributed by atoms with Crippen molar-refractivity contribution in [3.05, 3.63) is 45.1 Å². The van der Waals surface area contributed by atoms with Gasteiger partial charge in [0.1, 0.15) is 6.54 Å². The Hall–Kier alpha value is -2.90. The summed E-state index contributed by atoms with van der Waals surface area (Å²) < 4.78 is 0.804. The Balaban J connectivity index is 1.79. The first-order chi connectivity index (χ1) is 10.9. The van der Waals surface area contributed by atoms with Gasteiger partial charge in [-0.15, -0.1) is 0 Å². The summed E-state index contributed by atoms with van der Waals surface area (Å²) in [5, 5.41) is 11.8. The second-order valence-corrected chi connectivity index (χ2v) is 5.73. The van der Waals surface area contributed by atoms with Gasteiger partial charge in [-0.2, -0.15) is 0 Å². The van der Waals surface area contributed by atoms with Crippen molar-refractivity contribution in [1.82, 2.24) is 14.9 Å². The van der Waals surface area contributed by atoms with Crippen LogP contribution in [0.2, 0.25) is 0 Å². The number of carboxylic acid groups (broad SMARTS) is 1. The number of hydrogen-bond donors (Lipinski definition) is 3. The third-order valence-corrected chi connectivity index (χ3v) is 4.12. The molecule has 0 radical (unpaired) electrons. The number of carboxylic acids is 1. The Bertz CT molecular complexity index is 907. The molecule has 8 heteroatoms. The first kappa shape index (κ1) is 15.0. The molecule has 3 N–H and O–H groups in total. The topological polar surface area (TPSA) is 121 Å². The molecule has 120 valence electrons. The largest absolute Gasteiger partial charge is 0.481 e.